The third-order valence-electron chi connectivity index (χ3n) is 2.97. The zero-order valence-electron chi connectivity index (χ0n) is 9.93. The second kappa shape index (κ2) is 5.82. The molecule has 1 aliphatic rings. The summed E-state index contributed by atoms with van der Waals surface area (Å²) >= 11 is 5.28. The van der Waals surface area contributed by atoms with E-state index in [0.717, 1.165) is 19.0 Å². The molecule has 0 atom stereocenters. The van der Waals surface area contributed by atoms with Crippen molar-refractivity contribution in [2.45, 2.75) is 19.8 Å². The predicted octanol–water partition coefficient (Wildman–Crippen LogP) is 2.22. The Balaban J connectivity index is 1.77. The maximum Gasteiger partial charge on any atom is 0.189 e. The second-order valence-corrected chi connectivity index (χ2v) is 4.75. The minimum Gasteiger partial charge on any atom is -0.463 e. The molecule has 0 radical (unpaired) electrons. The molecule has 0 amide bonds. The number of rotatable bonds is 2. The van der Waals surface area contributed by atoms with Crippen molar-refractivity contribution in [3.05, 3.63) is 24.2 Å². The zero-order chi connectivity index (χ0) is 12.1. The number of nitrogens with zero attached hydrogens (tertiary/aromatic N) is 2. The van der Waals surface area contributed by atoms with Crippen LogP contribution in [0.25, 0.3) is 0 Å². The van der Waals surface area contributed by atoms with Crippen LogP contribution < -0.4 is 5.43 Å². The van der Waals surface area contributed by atoms with Gasteiger partial charge in [0.05, 0.1) is 12.5 Å². The maximum absolute atomic E-state index is 5.28. The number of thiocarbonyl (C=S) groups is 1. The largest absolute Gasteiger partial charge is 0.463 e. The summed E-state index contributed by atoms with van der Waals surface area (Å²) in [4.78, 5) is 2.16. The minimum absolute atomic E-state index is 0.694. The van der Waals surface area contributed by atoms with E-state index in [-0.39, 0.29) is 0 Å². The molecule has 17 heavy (non-hydrogen) atoms. The highest BCUT2D eigenvalue weighted by Crippen LogP contribution is 2.15. The molecule has 92 valence electrons. The molecule has 4 nitrogen and oxygen atoms in total. The fraction of sp³-hybridized carbons (Fsp3) is 0.500. The van der Waals surface area contributed by atoms with E-state index in [1.165, 1.54) is 12.8 Å². The first-order valence-corrected chi connectivity index (χ1v) is 6.28. The van der Waals surface area contributed by atoms with Gasteiger partial charge in [-0.1, -0.05) is 6.92 Å². The average Bonchev–Trinajstić information content (AvgIpc) is 2.83. The fourth-order valence-electron chi connectivity index (χ4n) is 1.80. The molecule has 0 saturated carbocycles. The summed E-state index contributed by atoms with van der Waals surface area (Å²) in [5.41, 5.74) is 2.87. The molecule has 0 aromatic carbocycles. The Bertz CT molecular complexity index is 380. The highest BCUT2D eigenvalue weighted by molar-refractivity contribution is 7.80. The van der Waals surface area contributed by atoms with Gasteiger partial charge in [0.25, 0.3) is 0 Å². The topological polar surface area (TPSA) is 40.8 Å². The van der Waals surface area contributed by atoms with Gasteiger partial charge in [0.15, 0.2) is 5.11 Å². The predicted molar refractivity (Wildman–Crippen MR) is 72.0 cm³/mol. The van der Waals surface area contributed by atoms with E-state index in [1.807, 2.05) is 12.1 Å². The van der Waals surface area contributed by atoms with Gasteiger partial charge in [-0.3, -0.25) is 5.43 Å². The molecule has 0 aliphatic carbocycles. The third kappa shape index (κ3) is 3.56. The van der Waals surface area contributed by atoms with Gasteiger partial charge in [-0.05, 0) is 43.1 Å². The molecule has 1 fully saturated rings. The number of hydrogen-bond donors (Lipinski definition) is 1. The summed E-state index contributed by atoms with van der Waals surface area (Å²) in [6.07, 6.45) is 5.64. The standard InChI is InChI=1S/C12H17N3OS/c1-10-4-6-15(7-5-10)12(17)14-13-9-11-3-2-8-16-11/h2-3,8-10H,4-7H2,1H3,(H,14,17)/b13-9+. The number of likely N-dealkylation sites (tertiary alicyclic amines) is 1. The lowest BCUT2D eigenvalue weighted by molar-refractivity contribution is 0.278. The molecular formula is C12H17N3OS. The summed E-state index contributed by atoms with van der Waals surface area (Å²) in [5, 5.41) is 4.75. The Hall–Kier alpha value is -1.36. The van der Waals surface area contributed by atoms with Crippen molar-refractivity contribution in [2.75, 3.05) is 13.1 Å². The van der Waals surface area contributed by atoms with Gasteiger partial charge >= 0.3 is 0 Å². The molecular weight excluding hydrogens is 234 g/mol. The van der Waals surface area contributed by atoms with E-state index in [4.69, 9.17) is 16.6 Å². The lowest BCUT2D eigenvalue weighted by atomic mass is 10.00. The molecule has 1 aliphatic heterocycles. The van der Waals surface area contributed by atoms with Gasteiger partial charge in [-0.25, -0.2) is 0 Å². The lowest BCUT2D eigenvalue weighted by Gasteiger charge is -2.31. The van der Waals surface area contributed by atoms with Crippen LogP contribution in [-0.4, -0.2) is 29.3 Å². The van der Waals surface area contributed by atoms with Crippen LogP contribution in [0.5, 0.6) is 0 Å². The van der Waals surface area contributed by atoms with Gasteiger partial charge in [0.2, 0.25) is 0 Å². The van der Waals surface area contributed by atoms with Crippen LogP contribution in [-0.2, 0) is 0 Å². The number of piperidine rings is 1. The van der Waals surface area contributed by atoms with Crippen molar-refractivity contribution in [1.82, 2.24) is 10.3 Å². The number of hydrazone groups is 1. The number of nitrogens with one attached hydrogen (secondary N) is 1. The Labute approximate surface area is 107 Å². The summed E-state index contributed by atoms with van der Waals surface area (Å²) in [7, 11) is 0. The lowest BCUT2D eigenvalue weighted by Crippen LogP contribution is -2.42. The van der Waals surface area contributed by atoms with Gasteiger partial charge in [-0.2, -0.15) is 5.10 Å². The van der Waals surface area contributed by atoms with E-state index in [1.54, 1.807) is 12.5 Å². The third-order valence-corrected chi connectivity index (χ3v) is 3.32. The van der Waals surface area contributed by atoms with Crippen LogP contribution in [0.2, 0.25) is 0 Å². The van der Waals surface area contributed by atoms with Crippen molar-refractivity contribution < 1.29 is 4.42 Å². The first-order valence-electron chi connectivity index (χ1n) is 5.87. The van der Waals surface area contributed by atoms with E-state index in [2.05, 4.69) is 22.4 Å². The molecule has 0 spiro atoms. The second-order valence-electron chi connectivity index (χ2n) is 4.36. The van der Waals surface area contributed by atoms with Crippen LogP contribution in [0, 0.1) is 5.92 Å². The number of hydrogen-bond acceptors (Lipinski definition) is 3. The Morgan fingerprint density at radius 1 is 1.59 bits per heavy atom. The van der Waals surface area contributed by atoms with Crippen molar-refractivity contribution in [3.8, 4) is 0 Å². The summed E-state index contributed by atoms with van der Waals surface area (Å²) < 4.78 is 5.13. The monoisotopic (exact) mass is 251 g/mol. The SMILES string of the molecule is CC1CCN(C(=S)N/N=C/c2ccco2)CC1. The molecule has 0 bridgehead atoms. The van der Waals surface area contributed by atoms with Gasteiger partial charge in [0.1, 0.15) is 5.76 Å². The van der Waals surface area contributed by atoms with Crippen molar-refractivity contribution in [1.29, 1.82) is 0 Å². The molecule has 0 unspecified atom stereocenters. The van der Waals surface area contributed by atoms with Crippen LogP contribution in [0.3, 0.4) is 0 Å². The normalized spacial score (nSPS) is 17.6. The maximum atomic E-state index is 5.28. The minimum atomic E-state index is 0.694. The summed E-state index contributed by atoms with van der Waals surface area (Å²) in [6.45, 7) is 4.31. The van der Waals surface area contributed by atoms with Crippen molar-refractivity contribution >= 4 is 23.5 Å². The van der Waals surface area contributed by atoms with E-state index in [9.17, 15) is 0 Å². The zero-order valence-corrected chi connectivity index (χ0v) is 10.7. The molecule has 1 N–H and O–H groups in total. The molecule has 1 saturated heterocycles. The van der Waals surface area contributed by atoms with Gasteiger partial charge < -0.3 is 9.32 Å². The molecule has 1 aromatic heterocycles. The van der Waals surface area contributed by atoms with Crippen LogP contribution in [0.15, 0.2) is 27.9 Å². The van der Waals surface area contributed by atoms with Crippen molar-refractivity contribution in [3.63, 3.8) is 0 Å². The van der Waals surface area contributed by atoms with Crippen molar-refractivity contribution in [2.24, 2.45) is 11.0 Å². The van der Waals surface area contributed by atoms with E-state index in [0.29, 0.717) is 10.9 Å². The molecule has 1 aromatic rings. The Morgan fingerprint density at radius 3 is 3.00 bits per heavy atom. The first-order chi connectivity index (χ1) is 8.25. The molecule has 2 heterocycles. The summed E-state index contributed by atoms with van der Waals surface area (Å²) in [6, 6.07) is 3.67. The highest BCUT2D eigenvalue weighted by atomic mass is 32.1. The van der Waals surface area contributed by atoms with Gasteiger partial charge in [0, 0.05) is 13.1 Å². The average molecular weight is 251 g/mol. The van der Waals surface area contributed by atoms with Crippen LogP contribution in [0.1, 0.15) is 25.5 Å². The smallest absolute Gasteiger partial charge is 0.189 e. The number of furan rings is 1. The van der Waals surface area contributed by atoms with Gasteiger partial charge in [-0.15, -0.1) is 0 Å². The fourth-order valence-corrected chi connectivity index (χ4v) is 2.03. The van der Waals surface area contributed by atoms with Crippen LogP contribution in [0.4, 0.5) is 0 Å². The molecule has 2 rings (SSSR count). The molecule has 5 heteroatoms. The summed E-state index contributed by atoms with van der Waals surface area (Å²) in [5.74, 6) is 1.52. The van der Waals surface area contributed by atoms with Crippen LogP contribution >= 0.6 is 12.2 Å². The Kier molecular flexibility index (Phi) is 4.14. The van der Waals surface area contributed by atoms with E-state index < -0.39 is 0 Å². The first kappa shape index (κ1) is 12.1. The highest BCUT2D eigenvalue weighted by Gasteiger charge is 2.17. The van der Waals surface area contributed by atoms with E-state index >= 15 is 0 Å². The Morgan fingerprint density at radius 2 is 2.35 bits per heavy atom. The quantitative estimate of drug-likeness (QED) is 0.497.